The molecule has 1 atom stereocenters. The second-order valence-electron chi connectivity index (χ2n) is 4.32. The van der Waals surface area contributed by atoms with Crippen LogP contribution in [0.5, 0.6) is 0 Å². The summed E-state index contributed by atoms with van der Waals surface area (Å²) < 4.78 is 38.5. The van der Waals surface area contributed by atoms with Gasteiger partial charge in [-0.05, 0) is 30.9 Å². The van der Waals surface area contributed by atoms with Gasteiger partial charge in [-0.15, -0.1) is 11.6 Å². The van der Waals surface area contributed by atoms with Gasteiger partial charge >= 0.3 is 0 Å². The molecule has 1 unspecified atom stereocenters. The van der Waals surface area contributed by atoms with E-state index >= 15 is 0 Å². The summed E-state index contributed by atoms with van der Waals surface area (Å²) >= 11 is 5.97. The maximum absolute atomic E-state index is 12.9. The number of benzene rings is 1. The first-order chi connectivity index (χ1) is 8.49. The van der Waals surface area contributed by atoms with Crippen molar-refractivity contribution >= 4 is 17.5 Å². The Morgan fingerprint density at radius 3 is 2.39 bits per heavy atom. The zero-order valence-electron chi connectivity index (χ0n) is 9.35. The third kappa shape index (κ3) is 2.96. The molecule has 1 aliphatic rings. The van der Waals surface area contributed by atoms with Gasteiger partial charge in [0, 0.05) is 12.1 Å². The van der Waals surface area contributed by atoms with Crippen molar-refractivity contribution in [3.05, 3.63) is 35.1 Å². The van der Waals surface area contributed by atoms with Crippen molar-refractivity contribution in [3.63, 3.8) is 0 Å². The van der Waals surface area contributed by atoms with E-state index in [4.69, 9.17) is 11.6 Å². The van der Waals surface area contributed by atoms with Crippen molar-refractivity contribution in [2.24, 2.45) is 5.92 Å². The van der Waals surface area contributed by atoms with Gasteiger partial charge in [0.05, 0.1) is 5.38 Å². The van der Waals surface area contributed by atoms with Crippen LogP contribution in [0.3, 0.4) is 0 Å². The normalized spacial score (nSPS) is 16.4. The molecule has 1 aromatic rings. The van der Waals surface area contributed by atoms with Gasteiger partial charge in [0.15, 0.2) is 17.5 Å². The van der Waals surface area contributed by atoms with Gasteiger partial charge in [-0.2, -0.15) is 0 Å². The van der Waals surface area contributed by atoms with E-state index in [9.17, 15) is 18.0 Å². The lowest BCUT2D eigenvalue weighted by molar-refractivity contribution is 0.0952. The van der Waals surface area contributed by atoms with Crippen LogP contribution in [-0.2, 0) is 0 Å². The first-order valence-corrected chi connectivity index (χ1v) is 5.99. The van der Waals surface area contributed by atoms with E-state index in [0.717, 1.165) is 12.8 Å². The van der Waals surface area contributed by atoms with Crippen molar-refractivity contribution in [2.75, 3.05) is 6.54 Å². The number of halogens is 4. The average molecular weight is 278 g/mol. The van der Waals surface area contributed by atoms with Crippen LogP contribution in [-0.4, -0.2) is 17.8 Å². The smallest absolute Gasteiger partial charge is 0.251 e. The molecule has 1 amide bonds. The van der Waals surface area contributed by atoms with Gasteiger partial charge in [-0.1, -0.05) is 0 Å². The Kier molecular flexibility index (Phi) is 3.80. The molecule has 1 saturated carbocycles. The molecule has 0 spiro atoms. The maximum Gasteiger partial charge on any atom is 0.251 e. The standard InChI is InChI=1S/C12H11ClF3NO/c13-8(6-1-2-6)5-17-12(18)7-3-9(14)11(16)10(15)4-7/h3-4,6,8H,1-2,5H2,(H,17,18). The molecule has 0 saturated heterocycles. The Morgan fingerprint density at radius 1 is 1.33 bits per heavy atom. The summed E-state index contributed by atoms with van der Waals surface area (Å²) in [5.74, 6) is -4.62. The quantitative estimate of drug-likeness (QED) is 0.665. The summed E-state index contributed by atoms with van der Waals surface area (Å²) in [5, 5.41) is 2.29. The molecule has 1 aliphatic carbocycles. The highest BCUT2D eigenvalue weighted by Gasteiger charge is 2.29. The molecular formula is C12H11ClF3NO. The molecule has 1 fully saturated rings. The Balaban J connectivity index is 1.99. The zero-order chi connectivity index (χ0) is 13.3. The second kappa shape index (κ2) is 5.18. The maximum atomic E-state index is 12.9. The van der Waals surface area contributed by atoms with E-state index in [-0.39, 0.29) is 17.5 Å². The van der Waals surface area contributed by atoms with E-state index in [1.54, 1.807) is 0 Å². The average Bonchev–Trinajstić information content (AvgIpc) is 3.16. The molecule has 0 aliphatic heterocycles. The lowest BCUT2D eigenvalue weighted by Crippen LogP contribution is -2.30. The lowest BCUT2D eigenvalue weighted by atomic mass is 10.2. The van der Waals surface area contributed by atoms with E-state index in [2.05, 4.69) is 5.32 Å². The molecule has 0 aromatic heterocycles. The molecule has 98 valence electrons. The fourth-order valence-electron chi connectivity index (χ4n) is 1.60. The largest absolute Gasteiger partial charge is 0.351 e. The number of carbonyl (C=O) groups is 1. The van der Waals surface area contributed by atoms with Gasteiger partial charge in [0.2, 0.25) is 0 Å². The van der Waals surface area contributed by atoms with Gasteiger partial charge in [-0.25, -0.2) is 13.2 Å². The van der Waals surface area contributed by atoms with E-state index in [1.165, 1.54) is 0 Å². The van der Waals surface area contributed by atoms with Crippen molar-refractivity contribution in [1.29, 1.82) is 0 Å². The molecule has 0 radical (unpaired) electrons. The van der Waals surface area contributed by atoms with E-state index < -0.39 is 23.4 Å². The van der Waals surface area contributed by atoms with Crippen molar-refractivity contribution in [2.45, 2.75) is 18.2 Å². The van der Waals surface area contributed by atoms with Gasteiger partial charge in [0.1, 0.15) is 0 Å². The Morgan fingerprint density at radius 2 is 1.89 bits per heavy atom. The van der Waals surface area contributed by atoms with Crippen LogP contribution >= 0.6 is 11.6 Å². The summed E-state index contributed by atoms with van der Waals surface area (Å²) in [6.07, 6.45) is 2.06. The molecule has 0 heterocycles. The van der Waals surface area contributed by atoms with Crippen LogP contribution in [0.2, 0.25) is 0 Å². The summed E-state index contributed by atoms with van der Waals surface area (Å²) in [7, 11) is 0. The first-order valence-electron chi connectivity index (χ1n) is 5.56. The molecule has 1 N–H and O–H groups in total. The molecule has 18 heavy (non-hydrogen) atoms. The number of alkyl halides is 1. The van der Waals surface area contributed by atoms with Crippen LogP contribution in [0.1, 0.15) is 23.2 Å². The predicted molar refractivity (Wildman–Crippen MR) is 61.0 cm³/mol. The monoisotopic (exact) mass is 277 g/mol. The highest BCUT2D eigenvalue weighted by Crippen LogP contribution is 2.35. The minimum Gasteiger partial charge on any atom is -0.351 e. The number of hydrogen-bond donors (Lipinski definition) is 1. The summed E-state index contributed by atoms with van der Waals surface area (Å²) in [5.41, 5.74) is -0.258. The van der Waals surface area contributed by atoms with Crippen molar-refractivity contribution < 1.29 is 18.0 Å². The molecule has 2 rings (SSSR count). The second-order valence-corrected chi connectivity index (χ2v) is 4.88. The van der Waals surface area contributed by atoms with Gasteiger partial charge in [-0.3, -0.25) is 4.79 Å². The summed E-state index contributed by atoms with van der Waals surface area (Å²) in [6, 6.07) is 1.32. The van der Waals surface area contributed by atoms with Crippen molar-refractivity contribution in [3.8, 4) is 0 Å². The minimum absolute atomic E-state index is 0.177. The van der Waals surface area contributed by atoms with Crippen LogP contribution < -0.4 is 5.32 Å². The van der Waals surface area contributed by atoms with Gasteiger partial charge in [0.25, 0.3) is 5.91 Å². The lowest BCUT2D eigenvalue weighted by Gasteiger charge is -2.10. The molecule has 1 aromatic carbocycles. The number of rotatable bonds is 4. The Bertz CT molecular complexity index is 453. The van der Waals surface area contributed by atoms with Gasteiger partial charge < -0.3 is 5.32 Å². The van der Waals surface area contributed by atoms with E-state index in [0.29, 0.717) is 18.1 Å². The van der Waals surface area contributed by atoms with Crippen LogP contribution in [0.4, 0.5) is 13.2 Å². The Labute approximate surface area is 107 Å². The number of amides is 1. The topological polar surface area (TPSA) is 29.1 Å². The summed E-state index contributed by atoms with van der Waals surface area (Å²) in [6.45, 7) is 0.228. The summed E-state index contributed by atoms with van der Waals surface area (Å²) in [4.78, 5) is 11.6. The predicted octanol–water partition coefficient (Wildman–Crippen LogP) is 2.85. The fourth-order valence-corrected chi connectivity index (χ4v) is 1.93. The minimum atomic E-state index is -1.58. The van der Waals surface area contributed by atoms with Crippen LogP contribution in [0, 0.1) is 23.4 Å². The van der Waals surface area contributed by atoms with Crippen molar-refractivity contribution in [1.82, 2.24) is 5.32 Å². The number of nitrogens with one attached hydrogen (secondary N) is 1. The SMILES string of the molecule is O=C(NCC(Cl)C1CC1)c1cc(F)c(F)c(F)c1. The Hall–Kier alpha value is -1.23. The highest BCUT2D eigenvalue weighted by molar-refractivity contribution is 6.21. The highest BCUT2D eigenvalue weighted by atomic mass is 35.5. The third-order valence-corrected chi connectivity index (χ3v) is 3.35. The van der Waals surface area contributed by atoms with E-state index in [1.807, 2.05) is 0 Å². The molecule has 0 bridgehead atoms. The zero-order valence-corrected chi connectivity index (χ0v) is 10.1. The molecule has 2 nitrogen and oxygen atoms in total. The van der Waals surface area contributed by atoms with Crippen LogP contribution in [0.15, 0.2) is 12.1 Å². The fraction of sp³-hybridized carbons (Fsp3) is 0.417. The third-order valence-electron chi connectivity index (χ3n) is 2.84. The molecule has 6 heteroatoms. The number of hydrogen-bond acceptors (Lipinski definition) is 1. The number of carbonyl (C=O) groups excluding carboxylic acids is 1. The first kappa shape index (κ1) is 13.2. The molecular weight excluding hydrogens is 267 g/mol. The van der Waals surface area contributed by atoms with Crippen LogP contribution in [0.25, 0.3) is 0 Å².